The van der Waals surface area contributed by atoms with Gasteiger partial charge in [0.1, 0.15) is 0 Å². The molecule has 0 aliphatic heterocycles. The number of hydrogen-bond acceptors (Lipinski definition) is 2. The molecular formula is C7H11NO. The summed E-state index contributed by atoms with van der Waals surface area (Å²) in [5.74, 6) is 0. The van der Waals surface area contributed by atoms with Crippen LogP contribution >= 0.6 is 0 Å². The molecule has 1 aliphatic rings. The highest BCUT2D eigenvalue weighted by atomic mass is 16.5. The second-order valence-electron chi connectivity index (χ2n) is 2.27. The van der Waals surface area contributed by atoms with Crippen molar-refractivity contribution in [2.24, 2.45) is 0 Å². The van der Waals surface area contributed by atoms with Gasteiger partial charge < -0.3 is 0 Å². The molecule has 0 radical (unpaired) electrons. The van der Waals surface area contributed by atoms with E-state index < -0.39 is 0 Å². The van der Waals surface area contributed by atoms with E-state index in [0.717, 1.165) is 18.5 Å². The zero-order valence-electron chi connectivity index (χ0n) is 5.52. The first kappa shape index (κ1) is 6.36. The summed E-state index contributed by atoms with van der Waals surface area (Å²) in [6, 6.07) is 0. The minimum Gasteiger partial charge on any atom is -0.291 e. The normalized spacial score (nSPS) is 18.4. The number of hydroxylamine groups is 1. The second-order valence-corrected chi connectivity index (χ2v) is 2.27. The van der Waals surface area contributed by atoms with Gasteiger partial charge in [0, 0.05) is 5.70 Å². The Labute approximate surface area is 54.8 Å². The molecule has 2 heteroatoms. The summed E-state index contributed by atoms with van der Waals surface area (Å²) in [4.78, 5) is 0. The van der Waals surface area contributed by atoms with Crippen molar-refractivity contribution in [2.45, 2.75) is 19.8 Å². The maximum Gasteiger partial charge on any atom is 0.0381 e. The Morgan fingerprint density at radius 3 is 2.89 bits per heavy atom. The molecule has 0 spiro atoms. The first-order valence-electron chi connectivity index (χ1n) is 3.10. The van der Waals surface area contributed by atoms with E-state index in [4.69, 9.17) is 5.21 Å². The van der Waals surface area contributed by atoms with E-state index in [2.05, 4.69) is 11.6 Å². The molecule has 0 aromatic heterocycles. The third kappa shape index (κ3) is 1.57. The van der Waals surface area contributed by atoms with E-state index in [0.29, 0.717) is 0 Å². The molecule has 0 bridgehead atoms. The Kier molecular flexibility index (Phi) is 1.90. The lowest BCUT2D eigenvalue weighted by Gasteiger charge is -2.08. The Morgan fingerprint density at radius 1 is 1.67 bits per heavy atom. The van der Waals surface area contributed by atoms with Crippen LogP contribution in [0.1, 0.15) is 19.8 Å². The number of allylic oxidation sites excluding steroid dienone is 4. The molecule has 50 valence electrons. The summed E-state index contributed by atoms with van der Waals surface area (Å²) in [6.45, 7) is 2.02. The molecule has 0 aromatic rings. The molecule has 0 saturated carbocycles. The lowest BCUT2D eigenvalue weighted by Crippen LogP contribution is -2.08. The van der Waals surface area contributed by atoms with Gasteiger partial charge in [-0.05, 0) is 25.8 Å². The third-order valence-electron chi connectivity index (χ3n) is 1.43. The smallest absolute Gasteiger partial charge is 0.0381 e. The summed E-state index contributed by atoms with van der Waals surface area (Å²) in [5, 5.41) is 8.46. The molecule has 2 N–H and O–H groups in total. The van der Waals surface area contributed by atoms with Crippen LogP contribution in [0.25, 0.3) is 0 Å². The van der Waals surface area contributed by atoms with Crippen molar-refractivity contribution in [2.75, 3.05) is 0 Å². The van der Waals surface area contributed by atoms with Crippen LogP contribution in [0.2, 0.25) is 0 Å². The van der Waals surface area contributed by atoms with Crippen molar-refractivity contribution >= 4 is 0 Å². The van der Waals surface area contributed by atoms with Crippen LogP contribution in [-0.2, 0) is 0 Å². The van der Waals surface area contributed by atoms with Crippen LogP contribution in [0.15, 0.2) is 23.4 Å². The fraction of sp³-hybridized carbons (Fsp3) is 0.429. The van der Waals surface area contributed by atoms with Gasteiger partial charge in [-0.15, -0.1) is 0 Å². The molecular weight excluding hydrogens is 114 g/mol. The van der Waals surface area contributed by atoms with E-state index in [1.807, 2.05) is 13.0 Å². The Hall–Kier alpha value is -0.760. The van der Waals surface area contributed by atoms with Gasteiger partial charge in [-0.25, -0.2) is 0 Å². The van der Waals surface area contributed by atoms with Crippen molar-refractivity contribution in [3.63, 3.8) is 0 Å². The minimum atomic E-state index is 0.912. The molecule has 0 heterocycles. The average Bonchev–Trinajstić information content (AvgIpc) is 1.88. The number of nitrogens with one attached hydrogen (secondary N) is 1. The van der Waals surface area contributed by atoms with E-state index in [1.165, 1.54) is 5.57 Å². The summed E-state index contributed by atoms with van der Waals surface area (Å²) in [5.41, 5.74) is 4.29. The maximum absolute atomic E-state index is 8.46. The van der Waals surface area contributed by atoms with Crippen LogP contribution < -0.4 is 5.48 Å². The lowest BCUT2D eigenvalue weighted by atomic mass is 10.1. The van der Waals surface area contributed by atoms with Gasteiger partial charge >= 0.3 is 0 Å². The average molecular weight is 125 g/mol. The monoisotopic (exact) mass is 125 g/mol. The maximum atomic E-state index is 8.46. The molecule has 0 aromatic carbocycles. The van der Waals surface area contributed by atoms with Gasteiger partial charge in [0.2, 0.25) is 0 Å². The molecule has 0 amide bonds. The van der Waals surface area contributed by atoms with E-state index in [9.17, 15) is 0 Å². The van der Waals surface area contributed by atoms with Crippen molar-refractivity contribution in [1.29, 1.82) is 0 Å². The van der Waals surface area contributed by atoms with Gasteiger partial charge in [0.25, 0.3) is 0 Å². The van der Waals surface area contributed by atoms with Crippen LogP contribution in [0.5, 0.6) is 0 Å². The fourth-order valence-electron chi connectivity index (χ4n) is 0.949. The largest absolute Gasteiger partial charge is 0.291 e. The SMILES string of the molecule is CC1=CCCC(NO)=C1. The van der Waals surface area contributed by atoms with Crippen molar-refractivity contribution < 1.29 is 5.21 Å². The highest BCUT2D eigenvalue weighted by Gasteiger charge is 1.99. The lowest BCUT2D eigenvalue weighted by molar-refractivity contribution is 0.195. The van der Waals surface area contributed by atoms with E-state index in [1.54, 1.807) is 0 Å². The predicted molar refractivity (Wildman–Crippen MR) is 36.0 cm³/mol. The Balaban J connectivity index is 2.63. The van der Waals surface area contributed by atoms with Crippen LogP contribution in [0.3, 0.4) is 0 Å². The minimum absolute atomic E-state index is 0.912. The zero-order valence-corrected chi connectivity index (χ0v) is 5.52. The fourth-order valence-corrected chi connectivity index (χ4v) is 0.949. The van der Waals surface area contributed by atoms with Crippen molar-refractivity contribution in [3.8, 4) is 0 Å². The molecule has 9 heavy (non-hydrogen) atoms. The highest BCUT2D eigenvalue weighted by molar-refractivity contribution is 5.24. The van der Waals surface area contributed by atoms with Gasteiger partial charge in [0.05, 0.1) is 0 Å². The molecule has 1 rings (SSSR count). The quantitative estimate of drug-likeness (QED) is 0.521. The Morgan fingerprint density at radius 2 is 2.44 bits per heavy atom. The zero-order chi connectivity index (χ0) is 6.69. The number of rotatable bonds is 1. The summed E-state index contributed by atoms with van der Waals surface area (Å²) < 4.78 is 0. The Bertz CT molecular complexity index is 158. The van der Waals surface area contributed by atoms with Crippen LogP contribution in [-0.4, -0.2) is 5.21 Å². The van der Waals surface area contributed by atoms with Crippen LogP contribution in [0.4, 0.5) is 0 Å². The van der Waals surface area contributed by atoms with Crippen molar-refractivity contribution in [1.82, 2.24) is 5.48 Å². The molecule has 1 aliphatic carbocycles. The summed E-state index contributed by atoms with van der Waals surface area (Å²) in [6.07, 6.45) is 6.06. The third-order valence-corrected chi connectivity index (χ3v) is 1.43. The predicted octanol–water partition coefficient (Wildman–Crippen LogP) is 1.59. The highest BCUT2D eigenvalue weighted by Crippen LogP contribution is 2.13. The van der Waals surface area contributed by atoms with E-state index >= 15 is 0 Å². The summed E-state index contributed by atoms with van der Waals surface area (Å²) in [7, 11) is 0. The van der Waals surface area contributed by atoms with Gasteiger partial charge in [-0.2, -0.15) is 0 Å². The molecule has 0 atom stereocenters. The standard InChI is InChI=1S/C7H11NO/c1-6-3-2-4-7(5-6)8-9/h3,5,8-9H,2,4H2,1H3. The first-order valence-corrected chi connectivity index (χ1v) is 3.10. The van der Waals surface area contributed by atoms with Crippen LogP contribution in [0, 0.1) is 0 Å². The van der Waals surface area contributed by atoms with Gasteiger partial charge in [-0.3, -0.25) is 10.7 Å². The first-order chi connectivity index (χ1) is 4.33. The van der Waals surface area contributed by atoms with E-state index in [-0.39, 0.29) is 0 Å². The number of hydrogen-bond donors (Lipinski definition) is 2. The molecule has 0 saturated heterocycles. The molecule has 0 unspecified atom stereocenters. The topological polar surface area (TPSA) is 32.3 Å². The van der Waals surface area contributed by atoms with Gasteiger partial charge in [0.15, 0.2) is 0 Å². The molecule has 2 nitrogen and oxygen atoms in total. The van der Waals surface area contributed by atoms with Crippen molar-refractivity contribution in [3.05, 3.63) is 23.4 Å². The molecule has 0 fully saturated rings. The summed E-state index contributed by atoms with van der Waals surface area (Å²) >= 11 is 0. The van der Waals surface area contributed by atoms with Gasteiger partial charge in [-0.1, -0.05) is 11.6 Å². The second kappa shape index (κ2) is 2.69.